The van der Waals surface area contributed by atoms with Crippen molar-refractivity contribution in [2.24, 2.45) is 0 Å². The van der Waals surface area contributed by atoms with Gasteiger partial charge in [-0.05, 0) is 48.9 Å². The highest BCUT2D eigenvalue weighted by Gasteiger charge is 2.09. The lowest BCUT2D eigenvalue weighted by Crippen LogP contribution is -1.83. The van der Waals surface area contributed by atoms with Crippen molar-refractivity contribution in [3.8, 4) is 21.0 Å². The molecule has 0 aromatic carbocycles. The van der Waals surface area contributed by atoms with Crippen molar-refractivity contribution in [2.75, 3.05) is 0 Å². The lowest BCUT2D eigenvalue weighted by atomic mass is 10.1. The number of ketones is 1. The van der Waals surface area contributed by atoms with Crippen molar-refractivity contribution in [2.45, 2.75) is 13.8 Å². The average Bonchev–Trinajstić information content (AvgIpc) is 3.20. The topological polar surface area (TPSA) is 50.2 Å². The van der Waals surface area contributed by atoms with Crippen molar-refractivity contribution in [1.82, 2.24) is 4.98 Å². The Hall–Kier alpha value is -2.24. The maximum atomic E-state index is 10.0. The lowest BCUT2D eigenvalue weighted by Gasteiger charge is -2.03. The van der Waals surface area contributed by atoms with Gasteiger partial charge in [-0.25, -0.2) is 0 Å². The molecule has 0 aliphatic carbocycles. The third-order valence-corrected chi connectivity index (χ3v) is 4.54. The molecule has 0 unspecified atom stereocenters. The molecule has 3 rings (SSSR count). The molecule has 0 saturated carbocycles. The van der Waals surface area contributed by atoms with Gasteiger partial charge in [-0.15, -0.1) is 22.7 Å². The Labute approximate surface area is 143 Å². The predicted octanol–water partition coefficient (Wildman–Crippen LogP) is 5.58. The minimum absolute atomic E-state index is 0.0625. The summed E-state index contributed by atoms with van der Waals surface area (Å²) in [5.74, 6) is -0.0625. The molecule has 0 atom stereocenters. The number of rotatable bonds is 3. The quantitative estimate of drug-likeness (QED) is 0.499. The van der Waals surface area contributed by atoms with E-state index in [1.165, 1.54) is 35.2 Å². The number of thiophene rings is 2. The smallest absolute Gasteiger partial charge is 0.155 e. The first kappa shape index (κ1) is 17.1. The van der Waals surface area contributed by atoms with Gasteiger partial charge < -0.3 is 5.11 Å². The van der Waals surface area contributed by atoms with E-state index >= 15 is 0 Å². The van der Waals surface area contributed by atoms with Crippen LogP contribution in [-0.2, 0) is 4.79 Å². The van der Waals surface area contributed by atoms with Crippen LogP contribution in [0.25, 0.3) is 21.0 Å². The molecule has 3 aromatic rings. The predicted molar refractivity (Wildman–Crippen MR) is 97.9 cm³/mol. The highest BCUT2D eigenvalue weighted by molar-refractivity contribution is 7.14. The summed E-state index contributed by atoms with van der Waals surface area (Å²) in [5.41, 5.74) is 2.31. The fraction of sp³-hybridized carbons (Fsp3) is 0.111. The van der Waals surface area contributed by atoms with E-state index in [1.54, 1.807) is 22.7 Å². The number of aliphatic hydroxyl groups is 1. The van der Waals surface area contributed by atoms with Crippen LogP contribution in [0.4, 0.5) is 0 Å². The van der Waals surface area contributed by atoms with Gasteiger partial charge in [-0.2, -0.15) is 0 Å². The Morgan fingerprint density at radius 3 is 2.17 bits per heavy atom. The molecule has 0 aliphatic rings. The summed E-state index contributed by atoms with van der Waals surface area (Å²) in [6.45, 7) is 2.85. The van der Waals surface area contributed by atoms with Crippen LogP contribution in [0.15, 0.2) is 65.2 Å². The van der Waals surface area contributed by atoms with E-state index in [2.05, 4.69) is 46.1 Å². The molecule has 1 N–H and O–H groups in total. The van der Waals surface area contributed by atoms with E-state index < -0.39 is 0 Å². The van der Waals surface area contributed by atoms with E-state index in [4.69, 9.17) is 5.11 Å². The van der Waals surface area contributed by atoms with Crippen molar-refractivity contribution < 1.29 is 9.90 Å². The fourth-order valence-corrected chi connectivity index (χ4v) is 3.43. The molecule has 0 bridgehead atoms. The zero-order valence-electron chi connectivity index (χ0n) is 12.9. The number of aliphatic hydroxyl groups excluding tert-OH is 1. The highest BCUT2D eigenvalue weighted by atomic mass is 32.1. The van der Waals surface area contributed by atoms with Crippen molar-refractivity contribution in [3.05, 3.63) is 65.2 Å². The summed E-state index contributed by atoms with van der Waals surface area (Å²) in [6, 6.07) is 12.5. The van der Waals surface area contributed by atoms with Crippen molar-refractivity contribution >= 4 is 28.5 Å². The molecule has 0 spiro atoms. The third kappa shape index (κ3) is 5.16. The van der Waals surface area contributed by atoms with Gasteiger partial charge in [0.25, 0.3) is 0 Å². The van der Waals surface area contributed by atoms with Crippen LogP contribution in [0.3, 0.4) is 0 Å². The number of allylic oxidation sites excluding steroid dienone is 2. The van der Waals surface area contributed by atoms with Gasteiger partial charge in [0.05, 0.1) is 16.3 Å². The molecular weight excluding hydrogens is 326 g/mol. The first-order valence-electron chi connectivity index (χ1n) is 6.98. The second-order valence-corrected chi connectivity index (χ2v) is 6.65. The van der Waals surface area contributed by atoms with Crippen LogP contribution < -0.4 is 0 Å². The van der Waals surface area contributed by atoms with Gasteiger partial charge in [0.1, 0.15) is 0 Å². The van der Waals surface area contributed by atoms with Gasteiger partial charge in [-0.3, -0.25) is 9.78 Å². The number of hydrogen-bond donors (Lipinski definition) is 1. The molecule has 0 saturated heterocycles. The molecule has 0 radical (unpaired) electrons. The van der Waals surface area contributed by atoms with Gasteiger partial charge in [-0.1, -0.05) is 12.1 Å². The van der Waals surface area contributed by atoms with Crippen LogP contribution in [0, 0.1) is 0 Å². The van der Waals surface area contributed by atoms with Crippen molar-refractivity contribution in [1.29, 1.82) is 0 Å². The molecule has 0 aliphatic heterocycles. The average molecular weight is 343 g/mol. The zero-order valence-corrected chi connectivity index (χ0v) is 14.5. The van der Waals surface area contributed by atoms with Gasteiger partial charge in [0, 0.05) is 22.7 Å². The summed E-state index contributed by atoms with van der Waals surface area (Å²) in [5, 5.41) is 12.5. The van der Waals surface area contributed by atoms with E-state index in [1.807, 2.05) is 12.3 Å². The van der Waals surface area contributed by atoms with Crippen LogP contribution in [0.5, 0.6) is 0 Å². The molecule has 0 amide bonds. The molecule has 5 heteroatoms. The van der Waals surface area contributed by atoms with Gasteiger partial charge in [0.2, 0.25) is 0 Å². The first-order chi connectivity index (χ1) is 11.1. The minimum atomic E-state index is -0.125. The summed E-state index contributed by atoms with van der Waals surface area (Å²) in [6.07, 6.45) is 3.02. The van der Waals surface area contributed by atoms with Crippen molar-refractivity contribution in [3.63, 3.8) is 0 Å². The number of nitrogens with zero attached hydrogens (tertiary/aromatic N) is 1. The van der Waals surface area contributed by atoms with E-state index in [-0.39, 0.29) is 11.5 Å². The Bertz CT molecular complexity index is 718. The monoisotopic (exact) mass is 343 g/mol. The zero-order chi connectivity index (χ0) is 16.7. The second kappa shape index (κ2) is 8.41. The van der Waals surface area contributed by atoms with E-state index in [9.17, 15) is 4.79 Å². The SMILES string of the molecule is CC(=O)/C=C(/C)O.c1csc(-c2cccnc2-c2cccs2)c1. The van der Waals surface area contributed by atoms with Crippen LogP contribution >= 0.6 is 22.7 Å². The molecule has 3 heterocycles. The summed E-state index contributed by atoms with van der Waals surface area (Å²) in [4.78, 5) is 17.0. The number of hydrogen-bond acceptors (Lipinski definition) is 5. The standard InChI is InChI=1S/C13H9NS2.C5H8O2/c1-4-10(11-5-2-8-15-11)13(14-7-1)12-6-3-9-16-12;1-4(6)3-5(2)7/h1-9H;3,6H,1-2H3/b;4-3-. The number of carbonyl (C=O) groups is 1. The normalized spacial score (nSPS) is 10.8. The van der Waals surface area contributed by atoms with Crippen LogP contribution in [0.1, 0.15) is 13.8 Å². The Morgan fingerprint density at radius 1 is 1.04 bits per heavy atom. The van der Waals surface area contributed by atoms with Gasteiger partial charge in [0.15, 0.2) is 5.78 Å². The van der Waals surface area contributed by atoms with Crippen LogP contribution in [0.2, 0.25) is 0 Å². The van der Waals surface area contributed by atoms with Crippen LogP contribution in [-0.4, -0.2) is 15.9 Å². The Balaban J connectivity index is 0.000000236. The summed E-state index contributed by atoms with van der Waals surface area (Å²) < 4.78 is 0. The summed E-state index contributed by atoms with van der Waals surface area (Å²) >= 11 is 3.48. The highest BCUT2D eigenvalue weighted by Crippen LogP contribution is 2.34. The van der Waals surface area contributed by atoms with E-state index in [0.717, 1.165) is 5.69 Å². The summed E-state index contributed by atoms with van der Waals surface area (Å²) in [7, 11) is 0. The number of pyridine rings is 1. The molecular formula is C18H17NO2S2. The maximum absolute atomic E-state index is 10.0. The third-order valence-electron chi connectivity index (χ3n) is 2.76. The maximum Gasteiger partial charge on any atom is 0.155 e. The number of carbonyl (C=O) groups excluding carboxylic acids is 1. The lowest BCUT2D eigenvalue weighted by molar-refractivity contribution is -0.112. The van der Waals surface area contributed by atoms with Gasteiger partial charge >= 0.3 is 0 Å². The van der Waals surface area contributed by atoms with E-state index in [0.29, 0.717) is 0 Å². The Kier molecular flexibility index (Phi) is 6.26. The Morgan fingerprint density at radius 2 is 1.70 bits per heavy atom. The molecule has 118 valence electrons. The molecule has 3 aromatic heterocycles. The second-order valence-electron chi connectivity index (χ2n) is 4.75. The fourth-order valence-electron chi connectivity index (χ4n) is 1.94. The largest absolute Gasteiger partial charge is 0.512 e. The molecule has 3 nitrogen and oxygen atoms in total. The molecule has 0 fully saturated rings. The first-order valence-corrected chi connectivity index (χ1v) is 8.74. The minimum Gasteiger partial charge on any atom is -0.512 e. The molecule has 23 heavy (non-hydrogen) atoms. The number of aromatic nitrogens is 1.